The molecule has 2 rings (SSSR count). The second kappa shape index (κ2) is 5.91. The van der Waals surface area contributed by atoms with Crippen LogP contribution in [0.3, 0.4) is 0 Å². The number of hydrogen-bond donors (Lipinski definition) is 1. The molecule has 1 saturated heterocycles. The van der Waals surface area contributed by atoms with E-state index in [9.17, 15) is 4.79 Å². The topological polar surface area (TPSA) is 66.3 Å². The Morgan fingerprint density at radius 3 is 2.89 bits per heavy atom. The van der Waals surface area contributed by atoms with Crippen LogP contribution in [0.25, 0.3) is 0 Å². The van der Waals surface area contributed by atoms with Crippen LogP contribution in [0, 0.1) is 0 Å². The highest BCUT2D eigenvalue weighted by atomic mass is 16.4. The fourth-order valence-electron chi connectivity index (χ4n) is 2.29. The van der Waals surface area contributed by atoms with E-state index in [4.69, 9.17) is 5.11 Å². The third-order valence-electron chi connectivity index (χ3n) is 3.43. The van der Waals surface area contributed by atoms with E-state index in [1.54, 1.807) is 6.20 Å². The molecule has 0 spiro atoms. The van der Waals surface area contributed by atoms with E-state index in [1.807, 2.05) is 6.07 Å². The molecule has 2 heterocycles. The first-order chi connectivity index (χ1) is 8.65. The maximum atomic E-state index is 10.5. The molecule has 5 nitrogen and oxygen atoms in total. The average molecular weight is 249 g/mol. The fraction of sp³-hybridized carbons (Fsp3) is 0.615. The molecule has 0 aromatic carbocycles. The Labute approximate surface area is 107 Å². The minimum atomic E-state index is -0.803. The van der Waals surface area contributed by atoms with Gasteiger partial charge in [-0.1, -0.05) is 0 Å². The van der Waals surface area contributed by atoms with Crippen molar-refractivity contribution in [1.82, 2.24) is 14.9 Å². The van der Waals surface area contributed by atoms with E-state index in [2.05, 4.69) is 21.9 Å². The summed E-state index contributed by atoms with van der Waals surface area (Å²) in [6.45, 7) is 2.19. The second-order valence-electron chi connectivity index (χ2n) is 4.87. The van der Waals surface area contributed by atoms with Crippen molar-refractivity contribution in [3.05, 3.63) is 23.8 Å². The maximum absolute atomic E-state index is 10.5. The van der Waals surface area contributed by atoms with E-state index >= 15 is 0 Å². The molecule has 1 aliphatic rings. The Kier molecular flexibility index (Phi) is 4.25. The normalized spacial score (nSPS) is 17.8. The minimum Gasteiger partial charge on any atom is -0.481 e. The Morgan fingerprint density at radius 2 is 2.22 bits per heavy atom. The predicted molar refractivity (Wildman–Crippen MR) is 67.5 cm³/mol. The number of carbonyl (C=O) groups is 1. The number of carboxylic acid groups (broad SMARTS) is 1. The molecule has 0 bridgehead atoms. The molecule has 1 N–H and O–H groups in total. The molecule has 0 unspecified atom stereocenters. The van der Waals surface area contributed by atoms with Crippen molar-refractivity contribution in [2.24, 2.45) is 0 Å². The predicted octanol–water partition coefficient (Wildman–Crippen LogP) is 1.30. The first-order valence-electron chi connectivity index (χ1n) is 6.37. The number of aliphatic carboxylic acids is 1. The molecule has 1 aromatic rings. The van der Waals surface area contributed by atoms with Crippen molar-refractivity contribution in [1.29, 1.82) is 0 Å². The molecule has 0 amide bonds. The number of piperidine rings is 1. The van der Waals surface area contributed by atoms with Gasteiger partial charge in [-0.2, -0.15) is 0 Å². The molecule has 1 fully saturated rings. The highest BCUT2D eigenvalue weighted by Gasteiger charge is 2.19. The third kappa shape index (κ3) is 3.50. The zero-order valence-electron chi connectivity index (χ0n) is 10.7. The monoisotopic (exact) mass is 249 g/mol. The lowest BCUT2D eigenvalue weighted by molar-refractivity contribution is -0.137. The lowest BCUT2D eigenvalue weighted by atomic mass is 9.93. The molecular formula is C13H19N3O2. The summed E-state index contributed by atoms with van der Waals surface area (Å²) in [6.07, 6.45) is 4.49. The molecule has 0 saturated carbocycles. The van der Waals surface area contributed by atoms with Gasteiger partial charge in [-0.15, -0.1) is 0 Å². The molecule has 0 aliphatic carbocycles. The van der Waals surface area contributed by atoms with Crippen molar-refractivity contribution < 1.29 is 9.90 Å². The number of aryl methyl sites for hydroxylation is 1. The van der Waals surface area contributed by atoms with Gasteiger partial charge >= 0.3 is 5.97 Å². The second-order valence-corrected chi connectivity index (χ2v) is 4.87. The van der Waals surface area contributed by atoms with Crippen LogP contribution in [0.5, 0.6) is 0 Å². The maximum Gasteiger partial charge on any atom is 0.303 e. The Balaban J connectivity index is 2.00. The average Bonchev–Trinajstić information content (AvgIpc) is 2.37. The highest BCUT2D eigenvalue weighted by Crippen LogP contribution is 2.25. The molecule has 0 atom stereocenters. The van der Waals surface area contributed by atoms with Crippen LogP contribution in [-0.2, 0) is 11.2 Å². The first kappa shape index (κ1) is 13.0. The summed E-state index contributed by atoms with van der Waals surface area (Å²) >= 11 is 0. The smallest absolute Gasteiger partial charge is 0.303 e. The molecule has 0 radical (unpaired) electrons. The summed E-state index contributed by atoms with van der Waals surface area (Å²) in [4.78, 5) is 21.5. The van der Waals surface area contributed by atoms with E-state index in [1.165, 1.54) is 0 Å². The number of hydrogen-bond acceptors (Lipinski definition) is 4. The van der Waals surface area contributed by atoms with Crippen molar-refractivity contribution in [2.45, 2.75) is 31.6 Å². The standard InChI is InChI=1S/C13H19N3O2/c1-16-8-5-10(6-9-16)11-4-7-14-12(15-11)2-3-13(17)18/h4,7,10H,2-3,5-6,8-9H2,1H3,(H,17,18). The number of rotatable bonds is 4. The molecular weight excluding hydrogens is 230 g/mol. The van der Waals surface area contributed by atoms with Crippen molar-refractivity contribution in [3.8, 4) is 0 Å². The summed E-state index contributed by atoms with van der Waals surface area (Å²) in [6, 6.07) is 1.96. The van der Waals surface area contributed by atoms with Crippen LogP contribution >= 0.6 is 0 Å². The van der Waals surface area contributed by atoms with Gasteiger partial charge in [0.2, 0.25) is 0 Å². The largest absolute Gasteiger partial charge is 0.481 e. The quantitative estimate of drug-likeness (QED) is 0.871. The van der Waals surface area contributed by atoms with Gasteiger partial charge in [0.1, 0.15) is 5.82 Å². The van der Waals surface area contributed by atoms with Gasteiger partial charge in [0.05, 0.1) is 6.42 Å². The number of aromatic nitrogens is 2. The molecule has 1 aromatic heterocycles. The van der Waals surface area contributed by atoms with E-state index in [0.29, 0.717) is 18.2 Å². The molecule has 98 valence electrons. The Hall–Kier alpha value is -1.49. The van der Waals surface area contributed by atoms with Gasteiger partial charge in [0.15, 0.2) is 0 Å². The first-order valence-corrected chi connectivity index (χ1v) is 6.37. The van der Waals surface area contributed by atoms with Crippen molar-refractivity contribution in [2.75, 3.05) is 20.1 Å². The van der Waals surface area contributed by atoms with Gasteiger partial charge in [0.25, 0.3) is 0 Å². The molecule has 1 aliphatic heterocycles. The fourth-order valence-corrected chi connectivity index (χ4v) is 2.29. The summed E-state index contributed by atoms with van der Waals surface area (Å²) in [5.41, 5.74) is 1.07. The lowest BCUT2D eigenvalue weighted by Crippen LogP contribution is -2.29. The summed E-state index contributed by atoms with van der Waals surface area (Å²) in [5.74, 6) is 0.338. The van der Waals surface area contributed by atoms with Gasteiger partial charge in [-0.3, -0.25) is 4.79 Å². The summed E-state index contributed by atoms with van der Waals surface area (Å²) in [5, 5.41) is 8.66. The van der Waals surface area contributed by atoms with Crippen LogP contribution < -0.4 is 0 Å². The van der Waals surface area contributed by atoms with Crippen LogP contribution in [0.1, 0.15) is 36.7 Å². The molecule has 5 heteroatoms. The van der Waals surface area contributed by atoms with E-state index < -0.39 is 5.97 Å². The zero-order chi connectivity index (χ0) is 13.0. The number of carboxylic acids is 1. The van der Waals surface area contributed by atoms with Crippen LogP contribution in [-0.4, -0.2) is 46.1 Å². The van der Waals surface area contributed by atoms with E-state index in [-0.39, 0.29) is 6.42 Å². The molecule has 18 heavy (non-hydrogen) atoms. The van der Waals surface area contributed by atoms with Crippen LogP contribution in [0.2, 0.25) is 0 Å². The van der Waals surface area contributed by atoms with Gasteiger partial charge < -0.3 is 10.0 Å². The minimum absolute atomic E-state index is 0.0941. The Bertz CT molecular complexity index is 414. The van der Waals surface area contributed by atoms with Gasteiger partial charge in [-0.05, 0) is 39.0 Å². The van der Waals surface area contributed by atoms with Gasteiger partial charge in [0, 0.05) is 24.2 Å². The van der Waals surface area contributed by atoms with Gasteiger partial charge in [-0.25, -0.2) is 9.97 Å². The summed E-state index contributed by atoms with van der Waals surface area (Å²) < 4.78 is 0. The Morgan fingerprint density at radius 1 is 1.50 bits per heavy atom. The lowest BCUT2D eigenvalue weighted by Gasteiger charge is -2.28. The number of nitrogens with zero attached hydrogens (tertiary/aromatic N) is 3. The van der Waals surface area contributed by atoms with Crippen LogP contribution in [0.4, 0.5) is 0 Å². The van der Waals surface area contributed by atoms with Crippen LogP contribution in [0.15, 0.2) is 12.3 Å². The van der Waals surface area contributed by atoms with E-state index in [0.717, 1.165) is 31.6 Å². The zero-order valence-corrected chi connectivity index (χ0v) is 10.7. The SMILES string of the molecule is CN1CCC(c2ccnc(CCC(=O)O)n2)CC1. The third-order valence-corrected chi connectivity index (χ3v) is 3.43. The van der Waals surface area contributed by atoms with Crippen molar-refractivity contribution in [3.63, 3.8) is 0 Å². The number of likely N-dealkylation sites (tertiary alicyclic amines) is 1. The highest BCUT2D eigenvalue weighted by molar-refractivity contribution is 5.66. The van der Waals surface area contributed by atoms with Crippen molar-refractivity contribution >= 4 is 5.97 Å². The summed E-state index contributed by atoms with van der Waals surface area (Å²) in [7, 11) is 2.13.